The first-order valence-corrected chi connectivity index (χ1v) is 8.40. The number of carboxylic acids is 1. The largest absolute Gasteiger partial charge is 0.479 e. The quantitative estimate of drug-likeness (QED) is 0.908. The third-order valence-corrected chi connectivity index (χ3v) is 4.40. The topological polar surface area (TPSA) is 66.8 Å². The normalized spacial score (nSPS) is 17.3. The van der Waals surface area contributed by atoms with Gasteiger partial charge in [0.1, 0.15) is 0 Å². The summed E-state index contributed by atoms with van der Waals surface area (Å²) in [4.78, 5) is 25.6. The molecule has 1 unspecified atom stereocenters. The van der Waals surface area contributed by atoms with Gasteiger partial charge in [-0.25, -0.2) is 4.79 Å². The van der Waals surface area contributed by atoms with Crippen LogP contribution in [-0.4, -0.2) is 47.7 Å². The van der Waals surface area contributed by atoms with Gasteiger partial charge in [-0.15, -0.1) is 0 Å². The highest BCUT2D eigenvalue weighted by Crippen LogP contribution is 2.17. The molecule has 2 aromatic rings. The van der Waals surface area contributed by atoms with Crippen LogP contribution in [-0.2, 0) is 22.4 Å². The number of carbonyl (C=O) groups is 2. The van der Waals surface area contributed by atoms with Gasteiger partial charge in [0.2, 0.25) is 0 Å². The van der Waals surface area contributed by atoms with Crippen LogP contribution in [0, 0.1) is 0 Å². The van der Waals surface area contributed by atoms with E-state index in [2.05, 4.69) is 12.1 Å². The molecule has 0 spiro atoms. The number of rotatable bonds is 5. The zero-order valence-electron chi connectivity index (χ0n) is 13.9. The lowest BCUT2D eigenvalue weighted by atomic mass is 9.99. The number of benzene rings is 2. The Morgan fingerprint density at radius 2 is 1.76 bits per heavy atom. The van der Waals surface area contributed by atoms with Gasteiger partial charge in [0.25, 0.3) is 5.91 Å². The van der Waals surface area contributed by atoms with E-state index in [1.807, 2.05) is 42.5 Å². The Morgan fingerprint density at radius 3 is 2.52 bits per heavy atom. The summed E-state index contributed by atoms with van der Waals surface area (Å²) in [6.07, 6.45) is 0.666. The van der Waals surface area contributed by atoms with Gasteiger partial charge in [-0.3, -0.25) is 4.79 Å². The van der Waals surface area contributed by atoms with Gasteiger partial charge in [-0.1, -0.05) is 48.5 Å². The Bertz CT molecular complexity index is 744. The van der Waals surface area contributed by atoms with Gasteiger partial charge in [0.15, 0.2) is 6.10 Å². The first kappa shape index (κ1) is 17.2. The SMILES string of the molecule is O=C(O)C1CN(C(=O)c2ccccc2CCc2ccccc2)CCO1. The number of ether oxygens (including phenoxy) is 1. The third-order valence-electron chi connectivity index (χ3n) is 4.40. The fourth-order valence-electron chi connectivity index (χ4n) is 3.02. The van der Waals surface area contributed by atoms with Crippen molar-refractivity contribution in [3.63, 3.8) is 0 Å². The van der Waals surface area contributed by atoms with Crippen molar-refractivity contribution in [2.45, 2.75) is 18.9 Å². The minimum atomic E-state index is -1.03. The molecule has 1 fully saturated rings. The van der Waals surface area contributed by atoms with E-state index in [9.17, 15) is 9.59 Å². The van der Waals surface area contributed by atoms with E-state index in [0.717, 1.165) is 18.4 Å². The van der Waals surface area contributed by atoms with E-state index in [1.165, 1.54) is 5.56 Å². The van der Waals surface area contributed by atoms with Crippen molar-refractivity contribution >= 4 is 11.9 Å². The van der Waals surface area contributed by atoms with Crippen LogP contribution >= 0.6 is 0 Å². The smallest absolute Gasteiger partial charge is 0.334 e. The molecule has 130 valence electrons. The number of nitrogens with zero attached hydrogens (tertiary/aromatic N) is 1. The van der Waals surface area contributed by atoms with Gasteiger partial charge in [0, 0.05) is 12.1 Å². The summed E-state index contributed by atoms with van der Waals surface area (Å²) in [5, 5.41) is 9.11. The van der Waals surface area contributed by atoms with E-state index in [-0.39, 0.29) is 19.1 Å². The lowest BCUT2D eigenvalue weighted by Gasteiger charge is -2.31. The minimum Gasteiger partial charge on any atom is -0.479 e. The molecule has 5 heteroatoms. The Morgan fingerprint density at radius 1 is 1.04 bits per heavy atom. The van der Waals surface area contributed by atoms with Crippen LogP contribution in [0.15, 0.2) is 54.6 Å². The second-order valence-corrected chi connectivity index (χ2v) is 6.09. The van der Waals surface area contributed by atoms with Crippen molar-refractivity contribution in [3.05, 3.63) is 71.3 Å². The number of carbonyl (C=O) groups excluding carboxylic acids is 1. The predicted molar refractivity (Wildman–Crippen MR) is 93.6 cm³/mol. The summed E-state index contributed by atoms with van der Waals surface area (Å²) in [6, 6.07) is 17.7. The number of hydrogen-bond donors (Lipinski definition) is 1. The molecular weight excluding hydrogens is 318 g/mol. The molecule has 1 saturated heterocycles. The summed E-state index contributed by atoms with van der Waals surface area (Å²) in [5.74, 6) is -1.16. The highest BCUT2D eigenvalue weighted by Gasteiger charge is 2.30. The molecule has 3 rings (SSSR count). The number of morpholine rings is 1. The zero-order chi connectivity index (χ0) is 17.6. The van der Waals surface area contributed by atoms with Crippen LogP contribution in [0.1, 0.15) is 21.5 Å². The number of hydrogen-bond acceptors (Lipinski definition) is 3. The minimum absolute atomic E-state index is 0.0845. The molecule has 0 aromatic heterocycles. The van der Waals surface area contributed by atoms with Gasteiger partial charge >= 0.3 is 5.97 Å². The summed E-state index contributed by atoms with van der Waals surface area (Å²) >= 11 is 0. The van der Waals surface area contributed by atoms with Crippen molar-refractivity contribution in [1.82, 2.24) is 4.90 Å². The molecule has 1 aliphatic heterocycles. The standard InChI is InChI=1S/C20H21NO4/c22-19(21-12-13-25-18(14-21)20(23)24)17-9-5-4-8-16(17)11-10-15-6-2-1-3-7-15/h1-9,18H,10-14H2,(H,23,24). The van der Waals surface area contributed by atoms with E-state index in [4.69, 9.17) is 9.84 Å². The molecule has 0 bridgehead atoms. The van der Waals surface area contributed by atoms with Gasteiger partial charge in [-0.05, 0) is 30.0 Å². The van der Waals surface area contributed by atoms with E-state index in [1.54, 1.807) is 4.90 Å². The first-order chi connectivity index (χ1) is 12.1. The molecule has 5 nitrogen and oxygen atoms in total. The number of aryl methyl sites for hydroxylation is 2. The average molecular weight is 339 g/mol. The van der Waals surface area contributed by atoms with Crippen LogP contribution in [0.25, 0.3) is 0 Å². The predicted octanol–water partition coefficient (Wildman–Crippen LogP) is 2.40. The third kappa shape index (κ3) is 4.25. The molecule has 1 aliphatic rings. The first-order valence-electron chi connectivity index (χ1n) is 8.40. The van der Waals surface area contributed by atoms with E-state index >= 15 is 0 Å². The highest BCUT2D eigenvalue weighted by atomic mass is 16.5. The van der Waals surface area contributed by atoms with Crippen LogP contribution in [0.3, 0.4) is 0 Å². The molecule has 0 aliphatic carbocycles. The van der Waals surface area contributed by atoms with Gasteiger partial charge < -0.3 is 14.7 Å². The average Bonchev–Trinajstić information content (AvgIpc) is 2.67. The molecular formula is C20H21NO4. The Labute approximate surface area is 146 Å². The van der Waals surface area contributed by atoms with Gasteiger partial charge in [0.05, 0.1) is 13.2 Å². The fourth-order valence-corrected chi connectivity index (χ4v) is 3.02. The molecule has 2 aromatic carbocycles. The van der Waals surface area contributed by atoms with E-state index < -0.39 is 12.1 Å². The van der Waals surface area contributed by atoms with Crippen LogP contribution in [0.4, 0.5) is 0 Å². The monoisotopic (exact) mass is 339 g/mol. The molecule has 1 N–H and O–H groups in total. The number of amides is 1. The van der Waals surface area contributed by atoms with Crippen LogP contribution < -0.4 is 0 Å². The maximum atomic E-state index is 12.9. The Kier molecular flexibility index (Phi) is 5.46. The maximum absolute atomic E-state index is 12.9. The molecule has 0 saturated carbocycles. The summed E-state index contributed by atoms with van der Waals surface area (Å²) in [6.45, 7) is 0.742. The second kappa shape index (κ2) is 7.94. The van der Waals surface area contributed by atoms with Crippen molar-refractivity contribution in [2.24, 2.45) is 0 Å². The summed E-state index contributed by atoms with van der Waals surface area (Å²) < 4.78 is 5.20. The fraction of sp³-hybridized carbons (Fsp3) is 0.300. The number of carboxylic acid groups (broad SMARTS) is 1. The Balaban J connectivity index is 1.73. The molecule has 1 amide bonds. The van der Waals surface area contributed by atoms with Crippen molar-refractivity contribution in [3.8, 4) is 0 Å². The van der Waals surface area contributed by atoms with Crippen molar-refractivity contribution in [1.29, 1.82) is 0 Å². The zero-order valence-corrected chi connectivity index (χ0v) is 13.9. The Hall–Kier alpha value is -2.66. The lowest BCUT2D eigenvalue weighted by molar-refractivity contribution is -0.154. The molecule has 1 heterocycles. The van der Waals surface area contributed by atoms with E-state index in [0.29, 0.717) is 12.1 Å². The molecule has 0 radical (unpaired) electrons. The molecule has 25 heavy (non-hydrogen) atoms. The summed E-state index contributed by atoms with van der Waals surface area (Å²) in [7, 11) is 0. The number of aliphatic carboxylic acids is 1. The molecule has 1 atom stereocenters. The van der Waals surface area contributed by atoms with Crippen LogP contribution in [0.5, 0.6) is 0 Å². The van der Waals surface area contributed by atoms with Crippen molar-refractivity contribution < 1.29 is 19.4 Å². The summed E-state index contributed by atoms with van der Waals surface area (Å²) in [5.41, 5.74) is 2.85. The van der Waals surface area contributed by atoms with Crippen molar-refractivity contribution in [2.75, 3.05) is 19.7 Å². The highest BCUT2D eigenvalue weighted by molar-refractivity contribution is 5.96. The van der Waals surface area contributed by atoms with Crippen LogP contribution in [0.2, 0.25) is 0 Å². The maximum Gasteiger partial charge on any atom is 0.334 e. The lowest BCUT2D eigenvalue weighted by Crippen LogP contribution is -2.48. The van der Waals surface area contributed by atoms with Gasteiger partial charge in [-0.2, -0.15) is 0 Å². The second-order valence-electron chi connectivity index (χ2n) is 6.09.